The molecule has 3 aromatic rings. The monoisotopic (exact) mass is 525 g/mol. The molecule has 192 valence electrons. The van der Waals surface area contributed by atoms with Crippen molar-refractivity contribution >= 4 is 21.6 Å². The molecule has 2 aromatic carbocycles. The summed E-state index contributed by atoms with van der Waals surface area (Å²) in [4.78, 5) is 22.7. The van der Waals surface area contributed by atoms with Crippen molar-refractivity contribution in [3.63, 3.8) is 0 Å². The van der Waals surface area contributed by atoms with Crippen LogP contribution in [-0.2, 0) is 21.4 Å². The average molecular weight is 526 g/mol. The van der Waals surface area contributed by atoms with Crippen LogP contribution in [0.5, 0.6) is 0 Å². The second-order valence-corrected chi connectivity index (χ2v) is 10.6. The smallest absolute Gasteiger partial charge is 0.242 e. The Morgan fingerprint density at radius 2 is 1.76 bits per heavy atom. The largest absolute Gasteiger partial charge is 0.304 e. The molecular weight excluding hydrogens is 500 g/mol. The fraction of sp³-hybridized carbons (Fsp3) is 0.308. The topological polar surface area (TPSA) is 116 Å². The van der Waals surface area contributed by atoms with E-state index < -0.39 is 44.6 Å². The Labute approximate surface area is 214 Å². The molecule has 4 rings (SSSR count). The van der Waals surface area contributed by atoms with Gasteiger partial charge in [-0.3, -0.25) is 4.79 Å². The molecule has 0 saturated heterocycles. The molecule has 0 unspecified atom stereocenters. The minimum atomic E-state index is -4.42. The molecule has 0 aliphatic heterocycles. The molecule has 1 aliphatic rings. The number of nitrogens with one attached hydrogen (secondary N) is 1. The molecule has 1 saturated carbocycles. The highest BCUT2D eigenvalue weighted by atomic mass is 32.2. The molecule has 1 N–H and O–H groups in total. The van der Waals surface area contributed by atoms with Gasteiger partial charge < -0.3 is 4.90 Å². The number of rotatable bonds is 8. The van der Waals surface area contributed by atoms with Gasteiger partial charge in [-0.2, -0.15) is 5.26 Å². The zero-order chi connectivity index (χ0) is 26.4. The zero-order valence-corrected chi connectivity index (χ0v) is 20.7. The third-order valence-electron chi connectivity index (χ3n) is 6.32. The number of nitrogens with zero attached hydrogens (tertiary/aromatic N) is 4. The van der Waals surface area contributed by atoms with Gasteiger partial charge in [0, 0.05) is 18.1 Å². The number of anilines is 1. The van der Waals surface area contributed by atoms with Crippen LogP contribution in [0.2, 0.25) is 0 Å². The molecule has 0 spiro atoms. The highest BCUT2D eigenvalue weighted by molar-refractivity contribution is 7.89. The van der Waals surface area contributed by atoms with Crippen molar-refractivity contribution in [3.05, 3.63) is 83.4 Å². The molecule has 1 aliphatic carbocycles. The standard InChI is InChI=1S/C26H25F2N5O3S/c27-23-12-22(11-19(13-29)26(23)28)37(35,36)32-16-25(34)33(21-9-5-2-6-10-21)17-24-30-14-20(15-31-24)18-7-3-1-4-8-18/h2,5-6,9-12,14-15,18,32H,1,3-4,7-8,16-17H2. The molecule has 37 heavy (non-hydrogen) atoms. The fourth-order valence-electron chi connectivity index (χ4n) is 4.30. The van der Waals surface area contributed by atoms with Crippen LogP contribution < -0.4 is 9.62 Å². The van der Waals surface area contributed by atoms with E-state index >= 15 is 0 Å². The molecule has 0 radical (unpaired) electrons. The number of para-hydroxylation sites is 1. The van der Waals surface area contributed by atoms with Crippen molar-refractivity contribution in [2.24, 2.45) is 0 Å². The van der Waals surface area contributed by atoms with Crippen LogP contribution in [0.3, 0.4) is 0 Å². The molecule has 0 bridgehead atoms. The minimum absolute atomic E-state index is 0.000716. The number of carbonyl (C=O) groups is 1. The Bertz CT molecular complexity index is 1400. The van der Waals surface area contributed by atoms with Crippen LogP contribution in [0.4, 0.5) is 14.5 Å². The van der Waals surface area contributed by atoms with Crippen molar-refractivity contribution < 1.29 is 22.0 Å². The maximum atomic E-state index is 13.8. The lowest BCUT2D eigenvalue weighted by molar-refractivity contribution is -0.117. The summed E-state index contributed by atoms with van der Waals surface area (Å²) in [7, 11) is -4.42. The van der Waals surface area contributed by atoms with Gasteiger partial charge in [0.15, 0.2) is 11.6 Å². The predicted octanol–water partition coefficient (Wildman–Crippen LogP) is 4.19. The fourth-order valence-corrected chi connectivity index (χ4v) is 5.31. The lowest BCUT2D eigenvalue weighted by atomic mass is 9.85. The molecular formula is C26H25F2N5O3S. The Balaban J connectivity index is 1.51. The Morgan fingerprint density at radius 1 is 1.08 bits per heavy atom. The van der Waals surface area contributed by atoms with Gasteiger partial charge in [-0.1, -0.05) is 37.5 Å². The zero-order valence-electron chi connectivity index (χ0n) is 19.9. The third kappa shape index (κ3) is 6.34. The number of hydrogen-bond donors (Lipinski definition) is 1. The van der Waals surface area contributed by atoms with E-state index in [1.54, 1.807) is 42.7 Å². The molecule has 0 atom stereocenters. The van der Waals surface area contributed by atoms with E-state index in [1.165, 1.54) is 30.2 Å². The summed E-state index contributed by atoms with van der Waals surface area (Å²) in [5.41, 5.74) is 0.815. The van der Waals surface area contributed by atoms with Crippen molar-refractivity contribution in [1.29, 1.82) is 5.26 Å². The van der Waals surface area contributed by atoms with Gasteiger partial charge in [-0.05, 0) is 48.6 Å². The quantitative estimate of drug-likeness (QED) is 0.472. The Hall–Kier alpha value is -3.75. The number of hydrogen-bond acceptors (Lipinski definition) is 6. The minimum Gasteiger partial charge on any atom is -0.304 e. The number of aromatic nitrogens is 2. The first-order valence-corrected chi connectivity index (χ1v) is 13.3. The summed E-state index contributed by atoms with van der Waals surface area (Å²) in [5.74, 6) is -2.72. The summed E-state index contributed by atoms with van der Waals surface area (Å²) in [6.07, 6.45) is 9.37. The molecule has 8 nitrogen and oxygen atoms in total. The van der Waals surface area contributed by atoms with Crippen LogP contribution in [0, 0.1) is 23.0 Å². The first-order chi connectivity index (χ1) is 17.8. The van der Waals surface area contributed by atoms with Gasteiger partial charge in [-0.25, -0.2) is 31.9 Å². The van der Waals surface area contributed by atoms with Crippen LogP contribution in [-0.4, -0.2) is 30.8 Å². The summed E-state index contributed by atoms with van der Waals surface area (Å²) in [6, 6.07) is 11.2. The van der Waals surface area contributed by atoms with E-state index in [-0.39, 0.29) is 6.54 Å². The predicted molar refractivity (Wildman–Crippen MR) is 132 cm³/mol. The van der Waals surface area contributed by atoms with Gasteiger partial charge in [0.2, 0.25) is 15.9 Å². The van der Waals surface area contributed by atoms with Crippen LogP contribution >= 0.6 is 0 Å². The number of carbonyl (C=O) groups excluding carboxylic acids is 1. The molecule has 1 heterocycles. The summed E-state index contributed by atoms with van der Waals surface area (Å²) >= 11 is 0. The molecule has 1 fully saturated rings. The van der Waals surface area contributed by atoms with Gasteiger partial charge >= 0.3 is 0 Å². The van der Waals surface area contributed by atoms with Gasteiger partial charge in [-0.15, -0.1) is 0 Å². The Morgan fingerprint density at radius 3 is 2.41 bits per heavy atom. The SMILES string of the molecule is N#Cc1cc(S(=O)(=O)NCC(=O)N(Cc2ncc(C3CCCCC3)cn2)c2ccccc2)cc(F)c1F. The van der Waals surface area contributed by atoms with Crippen molar-refractivity contribution in [1.82, 2.24) is 14.7 Å². The molecule has 1 aromatic heterocycles. The number of sulfonamides is 1. The van der Waals surface area contributed by atoms with Crippen LogP contribution in [0.1, 0.15) is 55.0 Å². The maximum Gasteiger partial charge on any atom is 0.242 e. The second-order valence-electron chi connectivity index (χ2n) is 8.79. The highest BCUT2D eigenvalue weighted by Crippen LogP contribution is 2.31. The Kier molecular flexibility index (Phi) is 8.21. The van der Waals surface area contributed by atoms with E-state index in [0.29, 0.717) is 29.6 Å². The normalized spacial score (nSPS) is 14.2. The summed E-state index contributed by atoms with van der Waals surface area (Å²) in [6.45, 7) is -0.669. The van der Waals surface area contributed by atoms with E-state index in [1.807, 2.05) is 0 Å². The number of nitriles is 1. The number of halogens is 2. The first-order valence-electron chi connectivity index (χ1n) is 11.8. The van der Waals surface area contributed by atoms with Crippen LogP contribution in [0.25, 0.3) is 0 Å². The lowest BCUT2D eigenvalue weighted by Crippen LogP contribution is -2.40. The van der Waals surface area contributed by atoms with E-state index in [0.717, 1.165) is 18.4 Å². The summed E-state index contributed by atoms with van der Waals surface area (Å²) < 4.78 is 54.9. The molecule has 1 amide bonds. The maximum absolute atomic E-state index is 13.8. The van der Waals surface area contributed by atoms with Gasteiger partial charge in [0.05, 0.1) is 23.5 Å². The first kappa shape index (κ1) is 26.3. The van der Waals surface area contributed by atoms with Crippen molar-refractivity contribution in [2.75, 3.05) is 11.4 Å². The average Bonchev–Trinajstić information content (AvgIpc) is 2.93. The second kappa shape index (κ2) is 11.5. The lowest BCUT2D eigenvalue weighted by Gasteiger charge is -2.23. The number of benzene rings is 2. The van der Waals surface area contributed by atoms with Crippen LogP contribution in [0.15, 0.2) is 59.8 Å². The number of amides is 1. The van der Waals surface area contributed by atoms with E-state index in [4.69, 9.17) is 5.26 Å². The molecule has 11 heteroatoms. The van der Waals surface area contributed by atoms with Crippen molar-refractivity contribution in [2.45, 2.75) is 49.5 Å². The van der Waals surface area contributed by atoms with Gasteiger partial charge in [0.25, 0.3) is 0 Å². The highest BCUT2D eigenvalue weighted by Gasteiger charge is 2.24. The van der Waals surface area contributed by atoms with E-state index in [9.17, 15) is 22.0 Å². The van der Waals surface area contributed by atoms with Crippen molar-refractivity contribution in [3.8, 4) is 6.07 Å². The third-order valence-corrected chi connectivity index (χ3v) is 7.70. The van der Waals surface area contributed by atoms with E-state index in [2.05, 4.69) is 14.7 Å². The van der Waals surface area contributed by atoms with Gasteiger partial charge in [0.1, 0.15) is 11.9 Å². The summed E-state index contributed by atoms with van der Waals surface area (Å²) in [5, 5.41) is 8.94.